The average Bonchev–Trinajstić information content (AvgIpc) is 2.53. The molecule has 8 nitrogen and oxygen atoms in total. The van der Waals surface area contributed by atoms with E-state index in [1.165, 1.54) is 7.11 Å². The van der Waals surface area contributed by atoms with Crippen molar-refractivity contribution >= 4 is 18.0 Å². The molecule has 1 aliphatic heterocycles. The van der Waals surface area contributed by atoms with Gasteiger partial charge >= 0.3 is 12.1 Å². The van der Waals surface area contributed by atoms with Crippen LogP contribution in [0.15, 0.2) is 18.5 Å². The molecule has 132 valence electrons. The third-order valence-electron chi connectivity index (χ3n) is 3.77. The van der Waals surface area contributed by atoms with Gasteiger partial charge in [0.2, 0.25) is 5.95 Å². The van der Waals surface area contributed by atoms with Crippen LogP contribution >= 0.6 is 0 Å². The second kappa shape index (κ2) is 7.02. The Morgan fingerprint density at radius 2 is 1.79 bits per heavy atom. The molecule has 24 heavy (non-hydrogen) atoms. The lowest BCUT2D eigenvalue weighted by atomic mass is 9.87. The lowest BCUT2D eigenvalue weighted by Gasteiger charge is -2.40. The van der Waals surface area contributed by atoms with E-state index in [1.54, 1.807) is 39.2 Å². The first-order valence-corrected chi connectivity index (χ1v) is 7.87. The zero-order chi connectivity index (χ0) is 17.8. The number of rotatable bonds is 3. The van der Waals surface area contributed by atoms with E-state index in [1.807, 2.05) is 4.90 Å². The predicted octanol–water partition coefficient (Wildman–Crippen LogP) is 1.51. The standard InChI is InChI=1S/C16H24N4O4/c1-15(2,3)24-14(22)19-16(12(21)23-4)6-10-20(11-7-16)13-17-8-5-9-18-13/h5,8-9H,6-7,10-11H2,1-4H3,(H,19,22). The van der Waals surface area contributed by atoms with Crippen LogP contribution in [0.5, 0.6) is 0 Å². The molecule has 2 rings (SSSR count). The highest BCUT2D eigenvalue weighted by Gasteiger charge is 2.45. The van der Waals surface area contributed by atoms with Gasteiger partial charge in [-0.2, -0.15) is 0 Å². The lowest BCUT2D eigenvalue weighted by molar-refractivity contribution is -0.149. The molecule has 0 aromatic carbocycles. The third-order valence-corrected chi connectivity index (χ3v) is 3.77. The molecule has 0 bridgehead atoms. The molecular formula is C16H24N4O4. The molecule has 1 saturated heterocycles. The van der Waals surface area contributed by atoms with Gasteiger partial charge < -0.3 is 19.7 Å². The Balaban J connectivity index is 2.08. The molecule has 1 aliphatic rings. The molecule has 1 aromatic rings. The molecule has 8 heteroatoms. The number of amides is 1. The van der Waals surface area contributed by atoms with E-state index in [2.05, 4.69) is 15.3 Å². The van der Waals surface area contributed by atoms with Crippen molar-refractivity contribution in [2.45, 2.75) is 44.8 Å². The number of anilines is 1. The summed E-state index contributed by atoms with van der Waals surface area (Å²) in [6, 6.07) is 1.75. The summed E-state index contributed by atoms with van der Waals surface area (Å²) in [4.78, 5) is 34.8. The van der Waals surface area contributed by atoms with Crippen LogP contribution in [0.2, 0.25) is 0 Å². The monoisotopic (exact) mass is 336 g/mol. The van der Waals surface area contributed by atoms with E-state index in [-0.39, 0.29) is 0 Å². The summed E-state index contributed by atoms with van der Waals surface area (Å²) >= 11 is 0. The zero-order valence-corrected chi connectivity index (χ0v) is 14.5. The van der Waals surface area contributed by atoms with E-state index < -0.39 is 23.2 Å². The number of aromatic nitrogens is 2. The molecule has 1 amide bonds. The number of hydrogen-bond donors (Lipinski definition) is 1. The predicted molar refractivity (Wildman–Crippen MR) is 87.6 cm³/mol. The van der Waals surface area contributed by atoms with Crippen molar-refractivity contribution in [1.82, 2.24) is 15.3 Å². The van der Waals surface area contributed by atoms with Crippen LogP contribution in [-0.4, -0.2) is 53.4 Å². The average molecular weight is 336 g/mol. The summed E-state index contributed by atoms with van der Waals surface area (Å²) in [5, 5.41) is 2.71. The van der Waals surface area contributed by atoms with Gasteiger partial charge in [-0.25, -0.2) is 19.6 Å². The van der Waals surface area contributed by atoms with Gasteiger partial charge in [0.25, 0.3) is 0 Å². The summed E-state index contributed by atoms with van der Waals surface area (Å²) in [6.45, 7) is 6.36. The molecular weight excluding hydrogens is 312 g/mol. The van der Waals surface area contributed by atoms with Crippen molar-refractivity contribution in [2.75, 3.05) is 25.1 Å². The second-order valence-corrected chi connectivity index (χ2v) is 6.74. The molecule has 0 atom stereocenters. The van der Waals surface area contributed by atoms with E-state index in [0.29, 0.717) is 31.9 Å². The summed E-state index contributed by atoms with van der Waals surface area (Å²) in [7, 11) is 1.31. The highest BCUT2D eigenvalue weighted by Crippen LogP contribution is 2.26. The van der Waals surface area contributed by atoms with E-state index in [9.17, 15) is 9.59 Å². The Labute approximate surface area is 141 Å². The zero-order valence-electron chi connectivity index (χ0n) is 14.5. The number of nitrogens with zero attached hydrogens (tertiary/aromatic N) is 3. The van der Waals surface area contributed by atoms with Crippen LogP contribution in [0.4, 0.5) is 10.7 Å². The highest BCUT2D eigenvalue weighted by molar-refractivity contribution is 5.86. The number of nitrogens with one attached hydrogen (secondary N) is 1. The van der Waals surface area contributed by atoms with E-state index >= 15 is 0 Å². The highest BCUT2D eigenvalue weighted by atomic mass is 16.6. The Bertz CT molecular complexity index is 577. The van der Waals surface area contributed by atoms with Gasteiger partial charge in [-0.3, -0.25) is 0 Å². The van der Waals surface area contributed by atoms with Gasteiger partial charge in [0, 0.05) is 25.5 Å². The van der Waals surface area contributed by atoms with Crippen molar-refractivity contribution in [3.8, 4) is 0 Å². The smallest absolute Gasteiger partial charge is 0.408 e. The largest absolute Gasteiger partial charge is 0.467 e. The summed E-state index contributed by atoms with van der Waals surface area (Å²) in [5.41, 5.74) is -1.73. The maximum Gasteiger partial charge on any atom is 0.408 e. The minimum absolute atomic E-state index is 0.386. The molecule has 0 saturated carbocycles. The molecule has 2 heterocycles. The Morgan fingerprint density at radius 1 is 1.21 bits per heavy atom. The van der Waals surface area contributed by atoms with Crippen molar-refractivity contribution in [3.63, 3.8) is 0 Å². The van der Waals surface area contributed by atoms with Crippen LogP contribution < -0.4 is 10.2 Å². The molecule has 1 aromatic heterocycles. The van der Waals surface area contributed by atoms with Crippen LogP contribution in [0.1, 0.15) is 33.6 Å². The Hall–Kier alpha value is -2.38. The number of hydrogen-bond acceptors (Lipinski definition) is 7. The molecule has 0 unspecified atom stereocenters. The first kappa shape index (κ1) is 18.0. The molecule has 0 aliphatic carbocycles. The maximum atomic E-state index is 12.3. The normalized spacial score (nSPS) is 17.1. The SMILES string of the molecule is COC(=O)C1(NC(=O)OC(C)(C)C)CCN(c2ncccn2)CC1. The number of carbonyl (C=O) groups is 2. The first-order chi connectivity index (χ1) is 11.3. The van der Waals surface area contributed by atoms with Crippen LogP contribution in [-0.2, 0) is 14.3 Å². The molecule has 0 radical (unpaired) electrons. The van der Waals surface area contributed by atoms with Gasteiger partial charge in [0.15, 0.2) is 0 Å². The second-order valence-electron chi connectivity index (χ2n) is 6.74. The third kappa shape index (κ3) is 4.33. The first-order valence-electron chi connectivity index (χ1n) is 7.87. The number of ether oxygens (including phenoxy) is 2. The number of piperidine rings is 1. The van der Waals surface area contributed by atoms with Gasteiger partial charge in [-0.1, -0.05) is 0 Å². The fraction of sp³-hybridized carbons (Fsp3) is 0.625. The number of esters is 1. The maximum absolute atomic E-state index is 12.3. The lowest BCUT2D eigenvalue weighted by Crippen LogP contribution is -2.61. The molecule has 1 N–H and O–H groups in total. The van der Waals surface area contributed by atoms with E-state index in [0.717, 1.165) is 0 Å². The fourth-order valence-corrected chi connectivity index (χ4v) is 2.62. The van der Waals surface area contributed by atoms with Gasteiger partial charge in [0.05, 0.1) is 7.11 Å². The fourth-order valence-electron chi connectivity index (χ4n) is 2.62. The van der Waals surface area contributed by atoms with Crippen LogP contribution in [0.25, 0.3) is 0 Å². The van der Waals surface area contributed by atoms with Gasteiger partial charge in [0.1, 0.15) is 11.1 Å². The van der Waals surface area contributed by atoms with E-state index in [4.69, 9.17) is 9.47 Å². The minimum atomic E-state index is -1.09. The van der Waals surface area contributed by atoms with Crippen molar-refractivity contribution in [2.24, 2.45) is 0 Å². The van der Waals surface area contributed by atoms with Crippen molar-refractivity contribution in [3.05, 3.63) is 18.5 Å². The summed E-state index contributed by atoms with van der Waals surface area (Å²) < 4.78 is 10.2. The topological polar surface area (TPSA) is 93.6 Å². The number of methoxy groups -OCH3 is 1. The van der Waals surface area contributed by atoms with Crippen LogP contribution in [0, 0.1) is 0 Å². The van der Waals surface area contributed by atoms with Crippen LogP contribution in [0.3, 0.4) is 0 Å². The quantitative estimate of drug-likeness (QED) is 0.836. The molecule has 0 spiro atoms. The number of alkyl carbamates (subject to hydrolysis) is 1. The minimum Gasteiger partial charge on any atom is -0.467 e. The molecule has 1 fully saturated rings. The number of carbonyl (C=O) groups excluding carboxylic acids is 2. The summed E-state index contributed by atoms with van der Waals surface area (Å²) in [5.74, 6) is 0.134. The van der Waals surface area contributed by atoms with Gasteiger partial charge in [-0.05, 0) is 39.7 Å². The van der Waals surface area contributed by atoms with Crippen molar-refractivity contribution in [1.29, 1.82) is 0 Å². The van der Waals surface area contributed by atoms with Crippen molar-refractivity contribution < 1.29 is 19.1 Å². The van der Waals surface area contributed by atoms with Gasteiger partial charge in [-0.15, -0.1) is 0 Å². The Kier molecular flexibility index (Phi) is 5.26. The summed E-state index contributed by atoms with van der Waals surface area (Å²) in [6.07, 6.45) is 3.48. The Morgan fingerprint density at radius 3 is 2.29 bits per heavy atom.